The van der Waals surface area contributed by atoms with Gasteiger partial charge in [-0.05, 0) is 13.8 Å². The molecule has 2 unspecified atom stereocenters. The monoisotopic (exact) mass is 215 g/mol. The fourth-order valence-corrected chi connectivity index (χ4v) is 2.24. The molecule has 5 nitrogen and oxygen atoms in total. The van der Waals surface area contributed by atoms with Gasteiger partial charge in [-0.3, -0.25) is 4.79 Å². The minimum Gasteiger partial charge on any atom is -0.479 e. The van der Waals surface area contributed by atoms with Gasteiger partial charge in [0.05, 0.1) is 12.2 Å². The van der Waals surface area contributed by atoms with Crippen LogP contribution in [0.5, 0.6) is 0 Å². The highest BCUT2D eigenvalue weighted by atomic mass is 16.5. The van der Waals surface area contributed by atoms with E-state index in [9.17, 15) is 14.7 Å². The maximum atomic E-state index is 11.3. The number of hydrogen-bond acceptors (Lipinski definition) is 3. The Labute approximate surface area is 89.0 Å². The number of carboxylic acid groups (broad SMARTS) is 1. The maximum absolute atomic E-state index is 11.3. The van der Waals surface area contributed by atoms with Crippen molar-refractivity contribution in [1.82, 2.24) is 4.90 Å². The predicted molar refractivity (Wildman–Crippen MR) is 53.4 cm³/mol. The van der Waals surface area contributed by atoms with Gasteiger partial charge in [0.1, 0.15) is 5.54 Å². The number of ether oxygens (including phenoxy) is 1. The summed E-state index contributed by atoms with van der Waals surface area (Å²) in [7, 11) is 1.51. The lowest BCUT2D eigenvalue weighted by atomic mass is 9.83. The molecule has 0 aromatic rings. The molecule has 86 valence electrons. The minimum atomic E-state index is -1.11. The lowest BCUT2D eigenvalue weighted by molar-refractivity contribution is -0.169. The van der Waals surface area contributed by atoms with Gasteiger partial charge in [-0.25, -0.2) is 4.79 Å². The van der Waals surface area contributed by atoms with E-state index < -0.39 is 11.5 Å². The second kappa shape index (κ2) is 4.18. The van der Waals surface area contributed by atoms with Gasteiger partial charge < -0.3 is 14.7 Å². The molecule has 15 heavy (non-hydrogen) atoms. The van der Waals surface area contributed by atoms with Crippen LogP contribution in [-0.4, -0.2) is 47.2 Å². The molecule has 0 bridgehead atoms. The molecule has 1 saturated heterocycles. The Hall–Kier alpha value is -1.10. The van der Waals surface area contributed by atoms with Gasteiger partial charge in [0.2, 0.25) is 6.41 Å². The van der Waals surface area contributed by atoms with Crippen LogP contribution >= 0.6 is 0 Å². The molecule has 0 spiro atoms. The molecule has 0 aromatic carbocycles. The van der Waals surface area contributed by atoms with Crippen LogP contribution in [0.25, 0.3) is 0 Å². The third-order valence-electron chi connectivity index (χ3n) is 2.95. The van der Waals surface area contributed by atoms with Crippen LogP contribution in [-0.2, 0) is 14.3 Å². The first-order chi connectivity index (χ1) is 6.92. The third-order valence-corrected chi connectivity index (χ3v) is 2.95. The van der Waals surface area contributed by atoms with E-state index in [0.29, 0.717) is 19.3 Å². The molecule has 0 radical (unpaired) electrons. The van der Waals surface area contributed by atoms with Gasteiger partial charge in [-0.15, -0.1) is 0 Å². The Morgan fingerprint density at radius 2 is 1.93 bits per heavy atom. The first kappa shape index (κ1) is 12.0. The Morgan fingerprint density at radius 3 is 2.27 bits per heavy atom. The van der Waals surface area contributed by atoms with Crippen molar-refractivity contribution in [2.24, 2.45) is 0 Å². The largest absolute Gasteiger partial charge is 0.479 e. The number of likely N-dealkylation sites (N-methyl/N-ethyl adjacent to an activating group) is 1. The first-order valence-corrected chi connectivity index (χ1v) is 4.99. The quantitative estimate of drug-likeness (QED) is 0.695. The van der Waals surface area contributed by atoms with Crippen molar-refractivity contribution in [3.05, 3.63) is 0 Å². The Bertz CT molecular complexity index is 256. The Kier molecular flexibility index (Phi) is 3.34. The molecule has 1 amide bonds. The zero-order valence-electron chi connectivity index (χ0n) is 9.27. The molecule has 0 aromatic heterocycles. The molecular weight excluding hydrogens is 198 g/mol. The third kappa shape index (κ3) is 2.12. The number of nitrogens with zero attached hydrogens (tertiary/aromatic N) is 1. The van der Waals surface area contributed by atoms with E-state index >= 15 is 0 Å². The first-order valence-electron chi connectivity index (χ1n) is 4.99. The normalized spacial score (nSPS) is 35.9. The summed E-state index contributed by atoms with van der Waals surface area (Å²) < 4.78 is 5.48. The standard InChI is InChI=1S/C10H17NO4/c1-7-4-10(9(13)14,11(3)6-12)5-8(2)15-7/h6-8H,4-5H2,1-3H3,(H,13,14). The van der Waals surface area contributed by atoms with Crippen LogP contribution in [0.4, 0.5) is 0 Å². The fraction of sp³-hybridized carbons (Fsp3) is 0.800. The van der Waals surface area contributed by atoms with Crippen LogP contribution in [0, 0.1) is 0 Å². The van der Waals surface area contributed by atoms with Crippen molar-refractivity contribution >= 4 is 12.4 Å². The van der Waals surface area contributed by atoms with Gasteiger partial charge in [-0.2, -0.15) is 0 Å². The number of amides is 1. The molecule has 1 aliphatic heterocycles. The number of hydrogen-bond donors (Lipinski definition) is 1. The van der Waals surface area contributed by atoms with Crippen LogP contribution in [0.1, 0.15) is 26.7 Å². The highest BCUT2D eigenvalue weighted by Gasteiger charge is 2.47. The molecule has 0 aliphatic carbocycles. The maximum Gasteiger partial charge on any atom is 0.329 e. The highest BCUT2D eigenvalue weighted by Crippen LogP contribution is 2.32. The van der Waals surface area contributed by atoms with Crippen LogP contribution in [0.15, 0.2) is 0 Å². The minimum absolute atomic E-state index is 0.146. The summed E-state index contributed by atoms with van der Waals surface area (Å²) in [6.45, 7) is 3.65. The van der Waals surface area contributed by atoms with Crippen molar-refractivity contribution in [2.45, 2.75) is 44.4 Å². The smallest absolute Gasteiger partial charge is 0.329 e. The topological polar surface area (TPSA) is 66.8 Å². The SMILES string of the molecule is CC1CC(C(=O)O)(N(C)C=O)CC(C)O1. The molecule has 1 fully saturated rings. The molecule has 5 heteroatoms. The summed E-state index contributed by atoms with van der Waals surface area (Å²) in [5.41, 5.74) is -1.11. The van der Waals surface area contributed by atoms with Crippen LogP contribution in [0.2, 0.25) is 0 Å². The zero-order chi connectivity index (χ0) is 11.6. The molecular formula is C10H17NO4. The summed E-state index contributed by atoms with van der Waals surface area (Å²) in [6.07, 6.45) is 0.947. The van der Waals surface area contributed by atoms with Gasteiger partial charge in [-0.1, -0.05) is 0 Å². The fourth-order valence-electron chi connectivity index (χ4n) is 2.24. The Balaban J connectivity index is 2.99. The van der Waals surface area contributed by atoms with E-state index in [2.05, 4.69) is 0 Å². The number of carbonyl (C=O) groups excluding carboxylic acids is 1. The molecule has 1 rings (SSSR count). The molecule has 1 N–H and O–H groups in total. The lowest BCUT2D eigenvalue weighted by Gasteiger charge is -2.43. The van der Waals surface area contributed by atoms with E-state index in [-0.39, 0.29) is 12.2 Å². The lowest BCUT2D eigenvalue weighted by Crippen LogP contribution is -2.58. The Morgan fingerprint density at radius 1 is 1.47 bits per heavy atom. The number of carboxylic acids is 1. The van der Waals surface area contributed by atoms with E-state index in [0.717, 1.165) is 0 Å². The van der Waals surface area contributed by atoms with E-state index in [1.807, 2.05) is 13.8 Å². The zero-order valence-corrected chi connectivity index (χ0v) is 9.27. The average Bonchev–Trinajstić information content (AvgIpc) is 2.14. The van der Waals surface area contributed by atoms with Crippen molar-refractivity contribution in [1.29, 1.82) is 0 Å². The van der Waals surface area contributed by atoms with Crippen molar-refractivity contribution in [3.8, 4) is 0 Å². The van der Waals surface area contributed by atoms with Gasteiger partial charge in [0, 0.05) is 19.9 Å². The summed E-state index contributed by atoms with van der Waals surface area (Å²) in [5.74, 6) is -0.959. The molecule has 0 saturated carbocycles. The van der Waals surface area contributed by atoms with Gasteiger partial charge in [0.25, 0.3) is 0 Å². The summed E-state index contributed by atoms with van der Waals surface area (Å²) >= 11 is 0. The van der Waals surface area contributed by atoms with E-state index in [1.54, 1.807) is 0 Å². The summed E-state index contributed by atoms with van der Waals surface area (Å²) in [6, 6.07) is 0. The number of carbonyl (C=O) groups is 2. The second-order valence-corrected chi connectivity index (χ2v) is 4.22. The second-order valence-electron chi connectivity index (χ2n) is 4.22. The summed E-state index contributed by atoms with van der Waals surface area (Å²) in [4.78, 5) is 23.3. The molecule has 2 atom stereocenters. The molecule has 1 heterocycles. The predicted octanol–water partition coefficient (Wildman–Crippen LogP) is 0.485. The van der Waals surface area contributed by atoms with Crippen LogP contribution < -0.4 is 0 Å². The van der Waals surface area contributed by atoms with Crippen molar-refractivity contribution in [2.75, 3.05) is 7.05 Å². The average molecular weight is 215 g/mol. The van der Waals surface area contributed by atoms with Crippen LogP contribution in [0.3, 0.4) is 0 Å². The van der Waals surface area contributed by atoms with Crippen molar-refractivity contribution in [3.63, 3.8) is 0 Å². The number of rotatable bonds is 3. The van der Waals surface area contributed by atoms with Gasteiger partial charge >= 0.3 is 5.97 Å². The van der Waals surface area contributed by atoms with Crippen molar-refractivity contribution < 1.29 is 19.4 Å². The number of aliphatic carboxylic acids is 1. The summed E-state index contributed by atoms with van der Waals surface area (Å²) in [5, 5.41) is 9.27. The van der Waals surface area contributed by atoms with E-state index in [1.165, 1.54) is 11.9 Å². The van der Waals surface area contributed by atoms with Gasteiger partial charge in [0.15, 0.2) is 0 Å². The van der Waals surface area contributed by atoms with E-state index in [4.69, 9.17) is 4.74 Å². The highest BCUT2D eigenvalue weighted by molar-refractivity contribution is 5.81. The molecule has 1 aliphatic rings.